The summed E-state index contributed by atoms with van der Waals surface area (Å²) in [5.74, 6) is -2.46. The summed E-state index contributed by atoms with van der Waals surface area (Å²) in [7, 11) is 0. The van der Waals surface area contributed by atoms with E-state index in [4.69, 9.17) is 5.11 Å². The van der Waals surface area contributed by atoms with Gasteiger partial charge in [-0.1, -0.05) is 6.07 Å². The van der Waals surface area contributed by atoms with E-state index in [0.29, 0.717) is 5.69 Å². The van der Waals surface area contributed by atoms with Crippen LogP contribution >= 0.6 is 0 Å². The Morgan fingerprint density at radius 3 is 2.52 bits per heavy atom. The number of benzene rings is 1. The molecule has 1 saturated carbocycles. The van der Waals surface area contributed by atoms with Gasteiger partial charge >= 0.3 is 5.97 Å². The first-order chi connectivity index (χ1) is 10.9. The van der Waals surface area contributed by atoms with E-state index in [1.54, 1.807) is 6.07 Å². The molecule has 124 valence electrons. The van der Waals surface area contributed by atoms with Gasteiger partial charge in [-0.3, -0.25) is 9.59 Å². The fourth-order valence-electron chi connectivity index (χ4n) is 1.97. The number of hydrogen-bond acceptors (Lipinski definition) is 3. The molecule has 3 N–H and O–H groups in total. The zero-order chi connectivity index (χ0) is 17.0. The Balaban J connectivity index is 2.03. The summed E-state index contributed by atoms with van der Waals surface area (Å²) in [6.07, 6.45) is -2.15. The van der Waals surface area contributed by atoms with Gasteiger partial charge in [0.15, 0.2) is 0 Å². The third kappa shape index (κ3) is 5.01. The first kappa shape index (κ1) is 16.9. The number of hydrogen-bond donors (Lipinski definition) is 3. The van der Waals surface area contributed by atoms with Gasteiger partial charge in [-0.2, -0.15) is 0 Å². The number of aliphatic carboxylic acids is 1. The Hall–Kier alpha value is -2.51. The molecule has 1 unspecified atom stereocenters. The Kier molecular flexibility index (Phi) is 5.25. The number of amides is 2. The number of nitrogens with one attached hydrogen (secondary N) is 2. The Morgan fingerprint density at radius 1 is 1.26 bits per heavy atom. The van der Waals surface area contributed by atoms with Crippen LogP contribution in [-0.4, -0.2) is 35.4 Å². The van der Waals surface area contributed by atoms with Crippen molar-refractivity contribution in [3.8, 4) is 0 Å². The van der Waals surface area contributed by atoms with E-state index in [9.17, 15) is 23.2 Å². The maximum absolute atomic E-state index is 12.3. The minimum atomic E-state index is -2.85. The van der Waals surface area contributed by atoms with E-state index >= 15 is 0 Å². The summed E-state index contributed by atoms with van der Waals surface area (Å²) in [4.78, 5) is 34.6. The van der Waals surface area contributed by atoms with Gasteiger partial charge in [0.1, 0.15) is 6.04 Å². The third-order valence-electron chi connectivity index (χ3n) is 3.36. The predicted octanol–water partition coefficient (Wildman–Crippen LogP) is 1.87. The molecule has 0 aliphatic heterocycles. The lowest BCUT2D eigenvalue weighted by atomic mass is 10.1. The first-order valence-corrected chi connectivity index (χ1v) is 7.09. The normalized spacial score (nSPS) is 15.1. The van der Waals surface area contributed by atoms with E-state index in [1.807, 2.05) is 5.32 Å². The van der Waals surface area contributed by atoms with Crippen molar-refractivity contribution < 1.29 is 28.3 Å². The van der Waals surface area contributed by atoms with Gasteiger partial charge in [-0.15, -0.1) is 0 Å². The number of rotatable bonds is 7. The molecule has 23 heavy (non-hydrogen) atoms. The molecule has 2 amide bonds. The number of carboxylic acid groups (broad SMARTS) is 1. The van der Waals surface area contributed by atoms with E-state index in [0.717, 1.165) is 12.8 Å². The number of carboxylic acids is 1. The van der Waals surface area contributed by atoms with E-state index < -0.39 is 30.8 Å². The Bertz CT molecular complexity index is 617. The highest BCUT2D eigenvalue weighted by Gasteiger charge is 2.29. The summed E-state index contributed by atoms with van der Waals surface area (Å²) in [6.45, 7) is 0. The van der Waals surface area contributed by atoms with Crippen LogP contribution in [0.2, 0.25) is 0 Å². The van der Waals surface area contributed by atoms with Crippen molar-refractivity contribution in [2.45, 2.75) is 31.7 Å². The van der Waals surface area contributed by atoms with Crippen molar-refractivity contribution in [1.82, 2.24) is 5.32 Å². The number of carbonyl (C=O) groups is 3. The highest BCUT2D eigenvalue weighted by molar-refractivity contribution is 5.99. The molecule has 2 rings (SSSR count). The summed E-state index contributed by atoms with van der Waals surface area (Å²) >= 11 is 0. The molecule has 1 aliphatic rings. The van der Waals surface area contributed by atoms with Crippen molar-refractivity contribution in [2.75, 3.05) is 5.32 Å². The maximum atomic E-state index is 12.3. The van der Waals surface area contributed by atoms with Gasteiger partial charge < -0.3 is 15.7 Å². The van der Waals surface area contributed by atoms with Crippen molar-refractivity contribution in [3.05, 3.63) is 29.8 Å². The standard InChI is InChI=1S/C15H16F2N2O4/c16-12(17)7-11(15(22)23)19-14(21)9-2-1-3-10(6-9)18-13(20)8-4-5-8/h1-3,6,8,11-12H,4-5,7H2,(H,18,20)(H,19,21)(H,22,23). The molecule has 1 aromatic carbocycles. The molecule has 0 aromatic heterocycles. The monoisotopic (exact) mass is 326 g/mol. The molecule has 0 saturated heterocycles. The van der Waals surface area contributed by atoms with Crippen LogP contribution in [0.1, 0.15) is 29.6 Å². The van der Waals surface area contributed by atoms with Gasteiger partial charge in [0, 0.05) is 23.6 Å². The number of halogens is 2. The first-order valence-electron chi connectivity index (χ1n) is 7.09. The SMILES string of the molecule is O=C(NC(CC(F)F)C(=O)O)c1cccc(NC(=O)C2CC2)c1. The molecule has 8 heteroatoms. The van der Waals surface area contributed by atoms with E-state index in [-0.39, 0.29) is 17.4 Å². The molecule has 0 spiro atoms. The van der Waals surface area contributed by atoms with Crippen LogP contribution in [0.4, 0.5) is 14.5 Å². The molecule has 0 bridgehead atoms. The molecule has 1 fully saturated rings. The zero-order valence-corrected chi connectivity index (χ0v) is 12.1. The number of alkyl halides is 2. The second kappa shape index (κ2) is 7.17. The van der Waals surface area contributed by atoms with E-state index in [2.05, 4.69) is 5.32 Å². The molecule has 6 nitrogen and oxygen atoms in total. The summed E-state index contributed by atoms with van der Waals surface area (Å²) < 4.78 is 24.7. The highest BCUT2D eigenvalue weighted by Crippen LogP contribution is 2.30. The highest BCUT2D eigenvalue weighted by atomic mass is 19.3. The lowest BCUT2D eigenvalue weighted by Crippen LogP contribution is -2.42. The minimum Gasteiger partial charge on any atom is -0.480 e. The molecule has 1 aliphatic carbocycles. The fourth-order valence-corrected chi connectivity index (χ4v) is 1.97. The van der Waals surface area contributed by atoms with Crippen LogP contribution < -0.4 is 10.6 Å². The molecule has 0 heterocycles. The summed E-state index contributed by atoms with van der Waals surface area (Å²) in [5.41, 5.74) is 0.481. The van der Waals surface area contributed by atoms with Crippen molar-refractivity contribution >= 4 is 23.5 Å². The number of carbonyl (C=O) groups excluding carboxylic acids is 2. The topological polar surface area (TPSA) is 95.5 Å². The van der Waals surface area contributed by atoms with Gasteiger partial charge in [0.2, 0.25) is 12.3 Å². The van der Waals surface area contributed by atoms with Gasteiger partial charge in [0.05, 0.1) is 0 Å². The second-order valence-corrected chi connectivity index (χ2v) is 5.34. The predicted molar refractivity (Wildman–Crippen MR) is 77.3 cm³/mol. The lowest BCUT2D eigenvalue weighted by Gasteiger charge is -2.14. The van der Waals surface area contributed by atoms with Crippen molar-refractivity contribution in [1.29, 1.82) is 0 Å². The van der Waals surface area contributed by atoms with Crippen LogP contribution in [0.5, 0.6) is 0 Å². The number of anilines is 1. The van der Waals surface area contributed by atoms with Crippen LogP contribution in [0.15, 0.2) is 24.3 Å². The molecular weight excluding hydrogens is 310 g/mol. The molecule has 1 aromatic rings. The Morgan fingerprint density at radius 2 is 1.96 bits per heavy atom. The van der Waals surface area contributed by atoms with E-state index in [1.165, 1.54) is 18.2 Å². The van der Waals surface area contributed by atoms with Crippen LogP contribution in [0, 0.1) is 5.92 Å². The average molecular weight is 326 g/mol. The van der Waals surface area contributed by atoms with Gasteiger partial charge in [0.25, 0.3) is 5.91 Å². The molecule has 0 radical (unpaired) electrons. The zero-order valence-electron chi connectivity index (χ0n) is 12.1. The largest absolute Gasteiger partial charge is 0.480 e. The van der Waals surface area contributed by atoms with Crippen molar-refractivity contribution in [3.63, 3.8) is 0 Å². The van der Waals surface area contributed by atoms with Crippen LogP contribution in [0.25, 0.3) is 0 Å². The second-order valence-electron chi connectivity index (χ2n) is 5.34. The maximum Gasteiger partial charge on any atom is 0.326 e. The van der Waals surface area contributed by atoms with Crippen LogP contribution in [-0.2, 0) is 9.59 Å². The minimum absolute atomic E-state index is 0.00471. The van der Waals surface area contributed by atoms with Gasteiger partial charge in [-0.25, -0.2) is 13.6 Å². The lowest BCUT2D eigenvalue weighted by molar-refractivity contribution is -0.140. The summed E-state index contributed by atoms with van der Waals surface area (Å²) in [6, 6.07) is 4.21. The smallest absolute Gasteiger partial charge is 0.326 e. The molecule has 1 atom stereocenters. The average Bonchev–Trinajstić information content (AvgIpc) is 3.30. The van der Waals surface area contributed by atoms with Crippen LogP contribution in [0.3, 0.4) is 0 Å². The van der Waals surface area contributed by atoms with Crippen molar-refractivity contribution in [2.24, 2.45) is 5.92 Å². The van der Waals surface area contributed by atoms with Gasteiger partial charge in [-0.05, 0) is 31.0 Å². The summed E-state index contributed by atoms with van der Waals surface area (Å²) in [5, 5.41) is 13.6. The quantitative estimate of drug-likeness (QED) is 0.713. The fraction of sp³-hybridized carbons (Fsp3) is 0.400. The Labute approximate surface area is 130 Å². The third-order valence-corrected chi connectivity index (χ3v) is 3.36. The molecular formula is C15H16F2N2O4.